The summed E-state index contributed by atoms with van der Waals surface area (Å²) in [7, 11) is 0. The van der Waals surface area contributed by atoms with E-state index in [1.54, 1.807) is 0 Å². The molecule has 20 aromatic rings. The minimum absolute atomic E-state index is 0.701. The molecule has 0 radical (unpaired) electrons. The van der Waals surface area contributed by atoms with Crippen LogP contribution in [0.5, 0.6) is 0 Å². The molecule has 0 bridgehead atoms. The predicted molar refractivity (Wildman–Crippen MR) is 414 cm³/mol. The molecule has 468 valence electrons. The summed E-state index contributed by atoms with van der Waals surface area (Å²) in [4.78, 5) is 20.2. The lowest BCUT2D eigenvalue weighted by Gasteiger charge is -2.12. The van der Waals surface area contributed by atoms with Crippen LogP contribution in [0.4, 0.5) is 0 Å². The van der Waals surface area contributed by atoms with Gasteiger partial charge in [-0.3, -0.25) is 0 Å². The van der Waals surface area contributed by atoms with Crippen LogP contribution in [0.25, 0.3) is 178 Å². The van der Waals surface area contributed by atoms with Crippen molar-refractivity contribution in [2.24, 2.45) is 0 Å². The predicted octanol–water partition coefficient (Wildman–Crippen LogP) is 23.3. The smallest absolute Gasteiger partial charge is 0.160 e. The molecule has 0 amide bonds. The van der Waals surface area contributed by atoms with E-state index in [2.05, 4.69) is 309 Å². The van der Waals surface area contributed by atoms with Crippen molar-refractivity contribution in [3.63, 3.8) is 0 Å². The van der Waals surface area contributed by atoms with Gasteiger partial charge in [-0.05, 0) is 109 Å². The molecular weight excluding hydrogens is 1220 g/mol. The van der Waals surface area contributed by atoms with Gasteiger partial charge in [0.25, 0.3) is 0 Å². The number of aromatic nitrogens is 8. The van der Waals surface area contributed by atoms with E-state index in [-0.39, 0.29) is 0 Å². The highest BCUT2D eigenvalue weighted by molar-refractivity contribution is 6.27. The first kappa shape index (κ1) is 57.9. The van der Waals surface area contributed by atoms with Crippen LogP contribution in [0.2, 0.25) is 0 Å². The topological polar surface area (TPSA) is 71.3 Å². The molecule has 8 nitrogen and oxygen atoms in total. The molecule has 8 heteroatoms. The molecule has 0 saturated carbocycles. The lowest BCUT2D eigenvalue weighted by atomic mass is 10.1. The highest BCUT2D eigenvalue weighted by atomic mass is 15.0. The molecule has 0 saturated heterocycles. The Hall–Kier alpha value is -13.6. The van der Waals surface area contributed by atoms with Crippen molar-refractivity contribution in [2.75, 3.05) is 0 Å². The maximum absolute atomic E-state index is 5.08. The second kappa shape index (κ2) is 24.3. The van der Waals surface area contributed by atoms with E-state index in [1.165, 1.54) is 87.2 Å². The second-order valence-corrected chi connectivity index (χ2v) is 25.3. The van der Waals surface area contributed by atoms with E-state index in [1.807, 2.05) is 72.8 Å². The summed E-state index contributed by atoms with van der Waals surface area (Å²) in [6.45, 7) is 0. The molecule has 6 aromatic heterocycles. The molecule has 14 aromatic carbocycles. The Morgan fingerprint density at radius 3 is 0.810 bits per heavy atom. The summed E-state index contributed by atoms with van der Waals surface area (Å²) in [6, 6.07) is 128. The van der Waals surface area contributed by atoms with Gasteiger partial charge in [0.15, 0.2) is 11.6 Å². The van der Waals surface area contributed by atoms with E-state index >= 15 is 0 Å². The first-order chi connectivity index (χ1) is 49.6. The number of fused-ring (bicyclic) bond motifs is 14. The van der Waals surface area contributed by atoms with Crippen LogP contribution in [0, 0.1) is 0 Å². The Morgan fingerprint density at radius 1 is 0.170 bits per heavy atom. The normalized spacial score (nSPS) is 11.6. The zero-order valence-corrected chi connectivity index (χ0v) is 54.2. The first-order valence-corrected chi connectivity index (χ1v) is 33.9. The summed E-state index contributed by atoms with van der Waals surface area (Å²) in [6.07, 6.45) is 0. The largest absolute Gasteiger partial charge is 0.309 e. The second-order valence-electron chi connectivity index (χ2n) is 25.3. The zero-order chi connectivity index (χ0) is 66.0. The van der Waals surface area contributed by atoms with Gasteiger partial charge in [0.05, 0.1) is 66.9 Å². The molecule has 20 rings (SSSR count). The molecule has 0 fully saturated rings. The lowest BCUT2D eigenvalue weighted by Crippen LogP contribution is -1.97. The van der Waals surface area contributed by atoms with Crippen LogP contribution in [-0.4, -0.2) is 38.2 Å². The minimum atomic E-state index is 0.701. The van der Waals surface area contributed by atoms with Crippen LogP contribution in [-0.2, 0) is 0 Å². The van der Waals surface area contributed by atoms with Crippen LogP contribution >= 0.6 is 0 Å². The molecule has 0 spiro atoms. The van der Waals surface area contributed by atoms with Gasteiger partial charge < -0.3 is 18.3 Å². The third kappa shape index (κ3) is 9.84. The van der Waals surface area contributed by atoms with Gasteiger partial charge in [-0.2, -0.15) is 0 Å². The Labute approximate surface area is 576 Å². The molecule has 0 N–H and O–H groups in total. The van der Waals surface area contributed by atoms with E-state index in [0.29, 0.717) is 11.6 Å². The maximum atomic E-state index is 5.08. The third-order valence-corrected chi connectivity index (χ3v) is 19.5. The fourth-order valence-corrected chi connectivity index (χ4v) is 15.0. The number of rotatable bonds is 10. The van der Waals surface area contributed by atoms with Crippen molar-refractivity contribution in [3.05, 3.63) is 364 Å². The van der Waals surface area contributed by atoms with Crippen LogP contribution in [0.1, 0.15) is 0 Å². The number of hydrogen-bond donors (Lipinski definition) is 0. The first-order valence-electron chi connectivity index (χ1n) is 33.9. The summed E-state index contributed by atoms with van der Waals surface area (Å²) in [5.41, 5.74) is 23.8. The molecular formula is C92H60N8. The molecule has 0 aliphatic rings. The Kier molecular flexibility index (Phi) is 14.0. The maximum Gasteiger partial charge on any atom is 0.160 e. The quantitative estimate of drug-likeness (QED) is 0.137. The van der Waals surface area contributed by atoms with Crippen molar-refractivity contribution in [2.45, 2.75) is 0 Å². The van der Waals surface area contributed by atoms with Crippen molar-refractivity contribution in [1.29, 1.82) is 0 Å². The van der Waals surface area contributed by atoms with Crippen molar-refractivity contribution in [1.82, 2.24) is 38.2 Å². The molecule has 0 atom stereocenters. The molecule has 0 unspecified atom stereocenters. The summed E-state index contributed by atoms with van der Waals surface area (Å²) < 4.78 is 9.63. The SMILES string of the molecule is c1ccc(-c2cc(-c3ccc(-n4c5ccccc5c5c4ccc4c6ccccc6n(-c6ccccc6)c45)cc3)nc(-c3ccccc3)n2)cc1.c1ccc(-c2cc(-c3ccccc3)nc(-c3ccc(-n4c5ccccc5c5ccc6c(c7ccccc7n6-c6ccccc6)c54)cc3)n2)cc1. The Morgan fingerprint density at radius 2 is 0.430 bits per heavy atom. The lowest BCUT2D eigenvalue weighted by molar-refractivity contribution is 1.16. The van der Waals surface area contributed by atoms with Gasteiger partial charge in [-0.25, -0.2) is 19.9 Å². The number of benzene rings is 14. The van der Waals surface area contributed by atoms with Gasteiger partial charge in [0.1, 0.15) is 0 Å². The molecule has 0 aliphatic heterocycles. The third-order valence-electron chi connectivity index (χ3n) is 19.5. The van der Waals surface area contributed by atoms with E-state index in [4.69, 9.17) is 19.9 Å². The van der Waals surface area contributed by atoms with Crippen LogP contribution in [0.3, 0.4) is 0 Å². The highest BCUT2D eigenvalue weighted by Crippen LogP contribution is 2.45. The number of hydrogen-bond acceptors (Lipinski definition) is 4. The summed E-state index contributed by atoms with van der Waals surface area (Å²) in [5, 5.41) is 9.93. The number of nitrogens with zero attached hydrogens (tertiary/aromatic N) is 8. The van der Waals surface area contributed by atoms with Crippen molar-refractivity contribution >= 4 is 87.2 Å². The van der Waals surface area contributed by atoms with Gasteiger partial charge >= 0.3 is 0 Å². The summed E-state index contributed by atoms with van der Waals surface area (Å²) >= 11 is 0. The van der Waals surface area contributed by atoms with Gasteiger partial charge in [-0.1, -0.05) is 255 Å². The molecule has 0 aliphatic carbocycles. The number of para-hydroxylation sites is 6. The zero-order valence-electron chi connectivity index (χ0n) is 54.2. The average molecular weight is 1280 g/mol. The van der Waals surface area contributed by atoms with Crippen molar-refractivity contribution < 1.29 is 0 Å². The van der Waals surface area contributed by atoms with Crippen molar-refractivity contribution in [3.8, 4) is 90.6 Å². The van der Waals surface area contributed by atoms with E-state index in [0.717, 1.165) is 78.9 Å². The monoisotopic (exact) mass is 1280 g/mol. The standard InChI is InChI=1S/2C46H30N4/c1-4-14-31(15-5-1)39-30-40(48-46(47-39)33-16-6-2-7-17-33)32-24-26-35(27-25-32)49-42-23-13-11-21-38(42)44-43(49)29-28-37-36-20-10-12-22-41(36)50(45(37)44)34-18-8-3-9-19-34;1-4-14-31(15-5-1)39-30-40(32-16-6-2-7-17-32)48-46(47-39)33-24-26-35(27-25-33)50-41-22-12-10-20-36(41)37-28-29-43-44(45(37)50)38-21-11-13-23-42(38)49(43)34-18-8-3-9-19-34/h2*1-30H. The van der Waals surface area contributed by atoms with Gasteiger partial charge in [0, 0.05) is 99.2 Å². The average Bonchev–Trinajstić information content (AvgIpc) is 1.55. The minimum Gasteiger partial charge on any atom is -0.309 e. The Bertz CT molecular complexity index is 6340. The van der Waals surface area contributed by atoms with Gasteiger partial charge in [0.2, 0.25) is 0 Å². The molecule has 6 heterocycles. The van der Waals surface area contributed by atoms with E-state index in [9.17, 15) is 0 Å². The highest BCUT2D eigenvalue weighted by Gasteiger charge is 2.24. The van der Waals surface area contributed by atoms with E-state index < -0.39 is 0 Å². The Balaban J connectivity index is 0.000000139. The molecule has 100 heavy (non-hydrogen) atoms. The van der Waals surface area contributed by atoms with Crippen LogP contribution in [0.15, 0.2) is 364 Å². The van der Waals surface area contributed by atoms with Gasteiger partial charge in [-0.15, -0.1) is 0 Å². The fraction of sp³-hybridized carbons (Fsp3) is 0. The van der Waals surface area contributed by atoms with Crippen LogP contribution < -0.4 is 0 Å². The fourth-order valence-electron chi connectivity index (χ4n) is 15.0. The summed E-state index contributed by atoms with van der Waals surface area (Å²) in [5.74, 6) is 1.42.